The molecule has 0 aliphatic rings. The molecule has 0 fully saturated rings. The van der Waals surface area contributed by atoms with Crippen molar-refractivity contribution in [3.05, 3.63) is 58.2 Å². The van der Waals surface area contributed by atoms with Crippen LogP contribution >= 0.6 is 23.2 Å². The average Bonchev–Trinajstić information content (AvgIpc) is 3.08. The van der Waals surface area contributed by atoms with Gasteiger partial charge >= 0.3 is 5.78 Å². The molecule has 0 aliphatic heterocycles. The molecule has 0 radical (unpaired) electrons. The number of aromatic nitrogens is 2. The number of fused-ring (bicyclic) bond motifs is 2. The van der Waals surface area contributed by atoms with E-state index in [9.17, 15) is 4.79 Å². The predicted molar refractivity (Wildman–Crippen MR) is 81.5 cm³/mol. The first kappa shape index (κ1) is 13.3. The van der Waals surface area contributed by atoms with Crippen molar-refractivity contribution >= 4 is 51.2 Å². The number of benzene rings is 2. The van der Waals surface area contributed by atoms with Crippen LogP contribution in [0.5, 0.6) is 0 Å². The quantitative estimate of drug-likeness (QED) is 0.505. The number of hydrogen-bond donors (Lipinski definition) is 0. The minimum atomic E-state index is -0.542. The fraction of sp³-hybridized carbons (Fsp3) is 0. The van der Waals surface area contributed by atoms with Gasteiger partial charge in [0.1, 0.15) is 11.0 Å². The van der Waals surface area contributed by atoms with Crippen molar-refractivity contribution in [2.24, 2.45) is 0 Å². The molecular formula is C15H6Cl2N2O3. The fourth-order valence-corrected chi connectivity index (χ4v) is 2.42. The Labute approximate surface area is 133 Å². The minimum Gasteiger partial charge on any atom is -0.433 e. The predicted octanol–water partition coefficient (Wildman–Crippen LogP) is 4.51. The van der Waals surface area contributed by atoms with E-state index in [4.69, 9.17) is 32.0 Å². The first-order valence-electron chi connectivity index (χ1n) is 6.27. The highest BCUT2D eigenvalue weighted by atomic mass is 35.5. The molecule has 0 spiro atoms. The third-order valence-electron chi connectivity index (χ3n) is 3.09. The molecule has 0 atom stereocenters. The van der Waals surface area contributed by atoms with Crippen LogP contribution in [0.4, 0.5) is 0 Å². The SMILES string of the molecule is O=C(c1nc2cc(Cl)ccc2o1)c1nc2cc(Cl)ccc2o1. The summed E-state index contributed by atoms with van der Waals surface area (Å²) in [4.78, 5) is 20.6. The Bertz CT molecular complexity index is 954. The van der Waals surface area contributed by atoms with E-state index in [1.54, 1.807) is 36.4 Å². The molecule has 4 rings (SSSR count). The lowest BCUT2D eigenvalue weighted by Crippen LogP contribution is -2.01. The van der Waals surface area contributed by atoms with Crippen LogP contribution in [-0.4, -0.2) is 15.8 Å². The highest BCUT2D eigenvalue weighted by molar-refractivity contribution is 6.31. The van der Waals surface area contributed by atoms with Gasteiger partial charge in [0.25, 0.3) is 11.8 Å². The zero-order valence-corrected chi connectivity index (χ0v) is 12.4. The van der Waals surface area contributed by atoms with Gasteiger partial charge < -0.3 is 8.83 Å². The number of carbonyl (C=O) groups is 1. The Balaban J connectivity index is 1.80. The van der Waals surface area contributed by atoms with Gasteiger partial charge in [0.2, 0.25) is 0 Å². The lowest BCUT2D eigenvalue weighted by molar-refractivity contribution is 0.0974. The second-order valence-electron chi connectivity index (χ2n) is 4.59. The van der Waals surface area contributed by atoms with Gasteiger partial charge in [-0.15, -0.1) is 0 Å². The van der Waals surface area contributed by atoms with Crippen molar-refractivity contribution in [2.45, 2.75) is 0 Å². The maximum atomic E-state index is 12.4. The van der Waals surface area contributed by atoms with E-state index in [-0.39, 0.29) is 11.8 Å². The van der Waals surface area contributed by atoms with E-state index in [2.05, 4.69) is 9.97 Å². The number of rotatable bonds is 2. The van der Waals surface area contributed by atoms with Gasteiger partial charge in [-0.05, 0) is 36.4 Å². The fourth-order valence-electron chi connectivity index (χ4n) is 2.09. The van der Waals surface area contributed by atoms with E-state index in [0.717, 1.165) is 0 Å². The summed E-state index contributed by atoms with van der Waals surface area (Å²) in [5.41, 5.74) is 1.92. The molecular weight excluding hydrogens is 327 g/mol. The minimum absolute atomic E-state index is 0.102. The molecule has 4 aromatic rings. The first-order valence-corrected chi connectivity index (χ1v) is 7.03. The monoisotopic (exact) mass is 332 g/mol. The van der Waals surface area contributed by atoms with Gasteiger partial charge in [0, 0.05) is 10.0 Å². The lowest BCUT2D eigenvalue weighted by Gasteiger charge is -1.87. The van der Waals surface area contributed by atoms with Crippen molar-refractivity contribution < 1.29 is 13.6 Å². The van der Waals surface area contributed by atoms with Crippen LogP contribution < -0.4 is 0 Å². The summed E-state index contributed by atoms with van der Waals surface area (Å²) < 4.78 is 10.8. The molecule has 108 valence electrons. The molecule has 2 aromatic heterocycles. The summed E-state index contributed by atoms with van der Waals surface area (Å²) in [5.74, 6) is -0.746. The Morgan fingerprint density at radius 2 is 1.27 bits per heavy atom. The van der Waals surface area contributed by atoms with Crippen LogP contribution in [0.25, 0.3) is 22.2 Å². The normalized spacial score (nSPS) is 11.4. The van der Waals surface area contributed by atoms with Gasteiger partial charge in [-0.3, -0.25) is 4.79 Å². The van der Waals surface area contributed by atoms with Crippen molar-refractivity contribution in [3.8, 4) is 0 Å². The summed E-state index contributed by atoms with van der Waals surface area (Å²) in [7, 11) is 0. The number of nitrogens with zero attached hydrogens (tertiary/aromatic N) is 2. The Hall–Kier alpha value is -2.37. The van der Waals surface area contributed by atoms with E-state index >= 15 is 0 Å². The molecule has 0 saturated carbocycles. The number of oxazole rings is 2. The van der Waals surface area contributed by atoms with Crippen LogP contribution in [-0.2, 0) is 0 Å². The van der Waals surface area contributed by atoms with Crippen LogP contribution in [0, 0.1) is 0 Å². The van der Waals surface area contributed by atoms with Crippen LogP contribution in [0.3, 0.4) is 0 Å². The first-order chi connectivity index (χ1) is 10.6. The molecule has 0 aliphatic carbocycles. The highest BCUT2D eigenvalue weighted by Gasteiger charge is 2.22. The lowest BCUT2D eigenvalue weighted by atomic mass is 10.3. The number of carbonyl (C=O) groups excluding carboxylic acids is 1. The van der Waals surface area contributed by atoms with Gasteiger partial charge in [-0.25, -0.2) is 9.97 Å². The van der Waals surface area contributed by atoms with E-state index in [1.165, 1.54) is 0 Å². The molecule has 0 bridgehead atoms. The zero-order valence-electron chi connectivity index (χ0n) is 10.8. The average molecular weight is 333 g/mol. The topological polar surface area (TPSA) is 69.1 Å². The van der Waals surface area contributed by atoms with E-state index in [0.29, 0.717) is 32.2 Å². The molecule has 7 heteroatoms. The molecule has 2 aromatic carbocycles. The number of hydrogen-bond acceptors (Lipinski definition) is 5. The molecule has 22 heavy (non-hydrogen) atoms. The van der Waals surface area contributed by atoms with Crippen molar-refractivity contribution in [1.29, 1.82) is 0 Å². The highest BCUT2D eigenvalue weighted by Crippen LogP contribution is 2.24. The second-order valence-corrected chi connectivity index (χ2v) is 5.46. The summed E-state index contributed by atoms with van der Waals surface area (Å²) in [5, 5.41) is 1.02. The van der Waals surface area contributed by atoms with E-state index in [1.807, 2.05) is 0 Å². The maximum absolute atomic E-state index is 12.4. The Morgan fingerprint density at radius 1 is 0.818 bits per heavy atom. The second kappa shape index (κ2) is 4.83. The Kier molecular flexibility index (Phi) is 2.92. The van der Waals surface area contributed by atoms with Gasteiger partial charge in [0.05, 0.1) is 0 Å². The summed E-state index contributed by atoms with van der Waals surface area (Å²) in [6.45, 7) is 0. The smallest absolute Gasteiger partial charge is 0.302 e. The standard InChI is InChI=1S/C15H6Cl2N2O3/c16-7-1-3-11-9(5-7)18-14(21-11)13(20)15-19-10-6-8(17)2-4-12(10)22-15/h1-6H. The maximum Gasteiger partial charge on any atom is 0.302 e. The zero-order chi connectivity index (χ0) is 15.3. The molecule has 0 unspecified atom stereocenters. The van der Waals surface area contributed by atoms with Crippen LogP contribution in [0.15, 0.2) is 45.2 Å². The van der Waals surface area contributed by atoms with Crippen molar-refractivity contribution in [1.82, 2.24) is 9.97 Å². The van der Waals surface area contributed by atoms with Crippen molar-refractivity contribution in [3.63, 3.8) is 0 Å². The molecule has 5 nitrogen and oxygen atoms in total. The molecule has 0 amide bonds. The number of halogens is 2. The summed E-state index contributed by atoms with van der Waals surface area (Å²) in [6.07, 6.45) is 0. The van der Waals surface area contributed by atoms with Gasteiger partial charge in [-0.1, -0.05) is 23.2 Å². The van der Waals surface area contributed by atoms with Crippen molar-refractivity contribution in [2.75, 3.05) is 0 Å². The van der Waals surface area contributed by atoms with Crippen LogP contribution in [0.1, 0.15) is 16.6 Å². The molecule has 2 heterocycles. The molecule has 0 N–H and O–H groups in total. The largest absolute Gasteiger partial charge is 0.433 e. The Morgan fingerprint density at radius 3 is 1.73 bits per heavy atom. The third-order valence-corrected chi connectivity index (χ3v) is 3.56. The molecule has 0 saturated heterocycles. The van der Waals surface area contributed by atoms with E-state index < -0.39 is 5.78 Å². The third kappa shape index (κ3) is 2.15. The van der Waals surface area contributed by atoms with Gasteiger partial charge in [0.15, 0.2) is 11.2 Å². The van der Waals surface area contributed by atoms with Crippen LogP contribution in [0.2, 0.25) is 10.0 Å². The number of ketones is 1. The van der Waals surface area contributed by atoms with Gasteiger partial charge in [-0.2, -0.15) is 0 Å². The summed E-state index contributed by atoms with van der Waals surface area (Å²) >= 11 is 11.8. The summed E-state index contributed by atoms with van der Waals surface area (Å²) in [6, 6.07) is 9.84.